The predicted molar refractivity (Wildman–Crippen MR) is 98.4 cm³/mol. The van der Waals surface area contributed by atoms with E-state index in [0.717, 1.165) is 11.8 Å². The van der Waals surface area contributed by atoms with Crippen molar-refractivity contribution in [3.63, 3.8) is 0 Å². The van der Waals surface area contributed by atoms with Crippen LogP contribution in [0.15, 0.2) is 70.1 Å². The molecule has 2 aromatic carbocycles. The van der Waals surface area contributed by atoms with Crippen LogP contribution in [-0.2, 0) is 21.1 Å². The highest BCUT2D eigenvalue weighted by Crippen LogP contribution is 2.22. The van der Waals surface area contributed by atoms with Crippen molar-refractivity contribution in [3.8, 4) is 11.3 Å². The molecular weight excluding hydrogens is 352 g/mol. The van der Waals surface area contributed by atoms with Crippen molar-refractivity contribution in [1.29, 1.82) is 0 Å². The molecule has 0 bridgehead atoms. The summed E-state index contributed by atoms with van der Waals surface area (Å²) in [6.45, 7) is 0. The van der Waals surface area contributed by atoms with Crippen molar-refractivity contribution < 1.29 is 17.6 Å². The number of hydrogen-bond donors (Lipinski definition) is 1. The van der Waals surface area contributed by atoms with Crippen LogP contribution in [-0.4, -0.2) is 25.6 Å². The second-order valence-corrected chi connectivity index (χ2v) is 7.78. The number of nitrogens with zero attached hydrogens (tertiary/aromatic N) is 1. The minimum atomic E-state index is -3.42. The van der Waals surface area contributed by atoms with E-state index < -0.39 is 9.84 Å². The molecule has 3 rings (SSSR count). The first-order chi connectivity index (χ1) is 12.4. The highest BCUT2D eigenvalue weighted by Gasteiger charge is 2.15. The van der Waals surface area contributed by atoms with Crippen LogP contribution < -0.4 is 5.32 Å². The Balaban J connectivity index is 1.63. The lowest BCUT2D eigenvalue weighted by atomic mass is 10.2. The smallest absolute Gasteiger partial charge is 0.224 e. The largest absolute Gasteiger partial charge is 0.441 e. The first-order valence-electron chi connectivity index (χ1n) is 8.02. The van der Waals surface area contributed by atoms with Crippen molar-refractivity contribution in [2.24, 2.45) is 0 Å². The maximum Gasteiger partial charge on any atom is 0.224 e. The van der Waals surface area contributed by atoms with Gasteiger partial charge in [-0.1, -0.05) is 42.5 Å². The number of anilines is 1. The second kappa shape index (κ2) is 7.53. The molecule has 26 heavy (non-hydrogen) atoms. The summed E-state index contributed by atoms with van der Waals surface area (Å²) in [6, 6.07) is 15.9. The molecule has 1 aromatic heterocycles. The minimum absolute atomic E-state index is 0.0934. The molecule has 1 N–H and O–H groups in total. The van der Waals surface area contributed by atoms with Gasteiger partial charge in [-0.3, -0.25) is 4.79 Å². The summed E-state index contributed by atoms with van der Waals surface area (Å²) in [4.78, 5) is 16.4. The van der Waals surface area contributed by atoms with Crippen LogP contribution in [0, 0.1) is 0 Å². The molecule has 0 atom stereocenters. The van der Waals surface area contributed by atoms with Gasteiger partial charge in [-0.2, -0.15) is 0 Å². The van der Waals surface area contributed by atoms with Gasteiger partial charge in [-0.15, -0.1) is 0 Å². The minimum Gasteiger partial charge on any atom is -0.441 e. The van der Waals surface area contributed by atoms with E-state index in [2.05, 4.69) is 10.3 Å². The number of hydrogen-bond acceptors (Lipinski definition) is 5. The molecule has 1 amide bonds. The highest BCUT2D eigenvalue weighted by molar-refractivity contribution is 7.90. The quantitative estimate of drug-likeness (QED) is 0.719. The van der Waals surface area contributed by atoms with Gasteiger partial charge < -0.3 is 9.73 Å². The lowest BCUT2D eigenvalue weighted by Gasteiger charge is -2.09. The SMILES string of the molecule is CS(=O)(=O)c1ccccc1NC(=O)CCc1ncc(-c2ccccc2)o1. The lowest BCUT2D eigenvalue weighted by Crippen LogP contribution is -2.15. The van der Waals surface area contributed by atoms with E-state index in [1.807, 2.05) is 30.3 Å². The Labute approximate surface area is 151 Å². The summed E-state index contributed by atoms with van der Waals surface area (Å²) >= 11 is 0. The van der Waals surface area contributed by atoms with Gasteiger partial charge in [0, 0.05) is 24.7 Å². The number of para-hydroxylation sites is 1. The van der Waals surface area contributed by atoms with Gasteiger partial charge in [0.15, 0.2) is 21.5 Å². The third-order valence-corrected chi connectivity index (χ3v) is 4.89. The molecule has 134 valence electrons. The van der Waals surface area contributed by atoms with Crippen LogP contribution in [0.4, 0.5) is 5.69 Å². The van der Waals surface area contributed by atoms with Crippen molar-refractivity contribution in [2.45, 2.75) is 17.7 Å². The fraction of sp³-hybridized carbons (Fsp3) is 0.158. The summed E-state index contributed by atoms with van der Waals surface area (Å²) in [5.74, 6) is 0.791. The molecule has 0 aliphatic carbocycles. The zero-order valence-electron chi connectivity index (χ0n) is 14.2. The first-order valence-corrected chi connectivity index (χ1v) is 9.92. The Morgan fingerprint density at radius 3 is 2.50 bits per heavy atom. The maximum atomic E-state index is 12.2. The van der Waals surface area contributed by atoms with Crippen LogP contribution in [0.5, 0.6) is 0 Å². The number of carbonyl (C=O) groups is 1. The van der Waals surface area contributed by atoms with Gasteiger partial charge in [-0.05, 0) is 12.1 Å². The van der Waals surface area contributed by atoms with Crippen molar-refractivity contribution >= 4 is 21.4 Å². The number of benzene rings is 2. The van der Waals surface area contributed by atoms with E-state index in [0.29, 0.717) is 18.1 Å². The van der Waals surface area contributed by atoms with Crippen LogP contribution in [0.3, 0.4) is 0 Å². The van der Waals surface area contributed by atoms with Gasteiger partial charge in [0.2, 0.25) is 5.91 Å². The summed E-state index contributed by atoms with van der Waals surface area (Å²) < 4.78 is 29.2. The summed E-state index contributed by atoms with van der Waals surface area (Å²) in [7, 11) is -3.42. The average Bonchev–Trinajstić information content (AvgIpc) is 3.09. The van der Waals surface area contributed by atoms with E-state index in [1.54, 1.807) is 24.4 Å². The third kappa shape index (κ3) is 4.37. The molecular formula is C19H18N2O4S. The zero-order valence-corrected chi connectivity index (χ0v) is 15.0. The van der Waals surface area contributed by atoms with E-state index in [4.69, 9.17) is 4.42 Å². The molecule has 1 heterocycles. The van der Waals surface area contributed by atoms with Gasteiger partial charge in [0.1, 0.15) is 0 Å². The molecule has 0 aliphatic heterocycles. The van der Waals surface area contributed by atoms with Crippen LogP contribution >= 0.6 is 0 Å². The third-order valence-electron chi connectivity index (χ3n) is 3.74. The molecule has 0 fully saturated rings. The molecule has 0 saturated carbocycles. The molecule has 6 nitrogen and oxygen atoms in total. The highest BCUT2D eigenvalue weighted by atomic mass is 32.2. The topological polar surface area (TPSA) is 89.3 Å². The predicted octanol–water partition coefficient (Wildman–Crippen LogP) is 3.32. The van der Waals surface area contributed by atoms with Gasteiger partial charge in [0.05, 0.1) is 16.8 Å². The molecule has 3 aromatic rings. The molecule has 0 saturated heterocycles. The van der Waals surface area contributed by atoms with Crippen molar-refractivity contribution in [3.05, 3.63) is 66.7 Å². The molecule has 0 aliphatic rings. The van der Waals surface area contributed by atoms with Crippen LogP contribution in [0.2, 0.25) is 0 Å². The number of sulfone groups is 1. The monoisotopic (exact) mass is 370 g/mol. The molecule has 0 spiro atoms. The number of nitrogens with one attached hydrogen (secondary N) is 1. The fourth-order valence-corrected chi connectivity index (χ4v) is 3.33. The lowest BCUT2D eigenvalue weighted by molar-refractivity contribution is -0.116. The van der Waals surface area contributed by atoms with E-state index in [-0.39, 0.29) is 22.9 Å². The maximum absolute atomic E-state index is 12.2. The Morgan fingerprint density at radius 1 is 1.08 bits per heavy atom. The number of amides is 1. The van der Waals surface area contributed by atoms with Crippen molar-refractivity contribution in [1.82, 2.24) is 4.98 Å². The number of rotatable bonds is 6. The van der Waals surface area contributed by atoms with Gasteiger partial charge >= 0.3 is 0 Å². The first kappa shape index (κ1) is 17.9. The summed E-state index contributed by atoms with van der Waals surface area (Å²) in [5, 5.41) is 2.64. The Hall–Kier alpha value is -2.93. The number of oxazole rings is 1. The van der Waals surface area contributed by atoms with Crippen LogP contribution in [0.1, 0.15) is 12.3 Å². The number of carbonyl (C=O) groups excluding carboxylic acids is 1. The van der Waals surface area contributed by atoms with E-state index in [9.17, 15) is 13.2 Å². The number of aryl methyl sites for hydroxylation is 1. The average molecular weight is 370 g/mol. The van der Waals surface area contributed by atoms with E-state index in [1.165, 1.54) is 6.07 Å². The number of aromatic nitrogens is 1. The van der Waals surface area contributed by atoms with Gasteiger partial charge in [0.25, 0.3) is 0 Å². The normalized spacial score (nSPS) is 11.3. The summed E-state index contributed by atoms with van der Waals surface area (Å²) in [6.07, 6.45) is 3.18. The molecule has 7 heteroatoms. The van der Waals surface area contributed by atoms with Crippen LogP contribution in [0.25, 0.3) is 11.3 Å². The molecule has 0 unspecified atom stereocenters. The molecule has 0 radical (unpaired) electrons. The standard InChI is InChI=1S/C19H18N2O4S/c1-26(23,24)17-10-6-5-9-15(17)21-18(22)11-12-19-20-13-16(25-19)14-7-3-2-4-8-14/h2-10,13H,11-12H2,1H3,(H,21,22). The zero-order chi connectivity index (χ0) is 18.6. The summed E-state index contributed by atoms with van der Waals surface area (Å²) in [5.41, 5.74) is 1.19. The Bertz CT molecular complexity index is 1010. The van der Waals surface area contributed by atoms with Crippen molar-refractivity contribution in [2.75, 3.05) is 11.6 Å². The fourth-order valence-electron chi connectivity index (χ4n) is 2.49. The van der Waals surface area contributed by atoms with Gasteiger partial charge in [-0.25, -0.2) is 13.4 Å². The Kier molecular flexibility index (Phi) is 5.18. The second-order valence-electron chi connectivity index (χ2n) is 5.80. The van der Waals surface area contributed by atoms with E-state index >= 15 is 0 Å². The Morgan fingerprint density at radius 2 is 1.77 bits per heavy atom.